The highest BCUT2D eigenvalue weighted by atomic mass is 19.1. The SMILES string of the molecule is COc1ccccc1ON(C(=O)c1cnc(Nc2ccc(N3CCN(C)C(C)C3)c(F)c2)nc1)c1c(C)cccc1C. The molecule has 1 aromatic heterocycles. The molecule has 1 saturated heterocycles. The van der Waals surface area contributed by atoms with Crippen molar-refractivity contribution in [1.82, 2.24) is 14.9 Å². The average molecular weight is 571 g/mol. The molecule has 1 N–H and O–H groups in total. The van der Waals surface area contributed by atoms with Crippen molar-refractivity contribution in [2.24, 2.45) is 0 Å². The van der Waals surface area contributed by atoms with Gasteiger partial charge in [0.25, 0.3) is 5.91 Å². The Morgan fingerprint density at radius 3 is 2.33 bits per heavy atom. The Morgan fingerprint density at radius 2 is 1.69 bits per heavy atom. The summed E-state index contributed by atoms with van der Waals surface area (Å²) in [6, 6.07) is 18.2. The highest BCUT2D eigenvalue weighted by Crippen LogP contribution is 2.32. The molecule has 1 atom stereocenters. The number of hydroxylamine groups is 1. The number of carbonyl (C=O) groups is 1. The number of aromatic nitrogens is 2. The summed E-state index contributed by atoms with van der Waals surface area (Å²) >= 11 is 0. The molecule has 1 fully saturated rings. The fraction of sp³-hybridized carbons (Fsp3) is 0.281. The number of hydrogen-bond donors (Lipinski definition) is 1. The molecule has 1 aliphatic heterocycles. The van der Waals surface area contributed by atoms with Crippen LogP contribution in [0.4, 0.5) is 27.4 Å². The van der Waals surface area contributed by atoms with Crippen molar-refractivity contribution >= 4 is 28.9 Å². The van der Waals surface area contributed by atoms with E-state index < -0.39 is 5.91 Å². The van der Waals surface area contributed by atoms with Gasteiger partial charge in [-0.1, -0.05) is 30.3 Å². The van der Waals surface area contributed by atoms with E-state index >= 15 is 4.39 Å². The van der Waals surface area contributed by atoms with Crippen LogP contribution in [0.25, 0.3) is 0 Å². The third-order valence-electron chi connectivity index (χ3n) is 7.49. The first-order chi connectivity index (χ1) is 20.2. The Kier molecular flexibility index (Phi) is 8.53. The van der Waals surface area contributed by atoms with E-state index in [2.05, 4.69) is 39.1 Å². The van der Waals surface area contributed by atoms with Gasteiger partial charge in [-0.2, -0.15) is 0 Å². The van der Waals surface area contributed by atoms with Crippen LogP contribution < -0.4 is 24.9 Å². The second-order valence-electron chi connectivity index (χ2n) is 10.4. The molecule has 3 aromatic carbocycles. The second-order valence-corrected chi connectivity index (χ2v) is 10.4. The molecule has 0 aliphatic carbocycles. The Hall–Kier alpha value is -4.70. The molecule has 0 spiro atoms. The first kappa shape index (κ1) is 28.8. The quantitative estimate of drug-likeness (QED) is 0.268. The molecule has 1 aliphatic rings. The lowest BCUT2D eigenvalue weighted by Gasteiger charge is -2.39. The maximum Gasteiger partial charge on any atom is 0.294 e. The Balaban J connectivity index is 1.36. The van der Waals surface area contributed by atoms with Crippen molar-refractivity contribution in [3.05, 3.63) is 95.6 Å². The van der Waals surface area contributed by atoms with Gasteiger partial charge in [0.15, 0.2) is 11.5 Å². The molecule has 1 unspecified atom stereocenters. The molecule has 42 heavy (non-hydrogen) atoms. The van der Waals surface area contributed by atoms with Crippen LogP contribution in [0.5, 0.6) is 11.5 Å². The number of rotatable bonds is 8. The highest BCUT2D eigenvalue weighted by molar-refractivity contribution is 6.05. The number of benzene rings is 3. The molecular weight excluding hydrogens is 535 g/mol. The van der Waals surface area contributed by atoms with Crippen molar-refractivity contribution in [1.29, 1.82) is 0 Å². The van der Waals surface area contributed by atoms with Gasteiger partial charge in [-0.15, -0.1) is 5.06 Å². The summed E-state index contributed by atoms with van der Waals surface area (Å²) in [4.78, 5) is 32.9. The van der Waals surface area contributed by atoms with E-state index in [1.54, 1.807) is 37.4 Å². The van der Waals surface area contributed by atoms with Gasteiger partial charge in [-0.3, -0.25) is 4.79 Å². The number of aryl methyl sites for hydroxylation is 2. The molecule has 9 nitrogen and oxygen atoms in total. The Morgan fingerprint density at radius 1 is 1.00 bits per heavy atom. The number of methoxy groups -OCH3 is 1. The average Bonchev–Trinajstić information content (AvgIpc) is 2.98. The Labute approximate surface area is 245 Å². The van der Waals surface area contributed by atoms with Crippen molar-refractivity contribution in [2.45, 2.75) is 26.8 Å². The molecule has 0 bridgehead atoms. The fourth-order valence-corrected chi connectivity index (χ4v) is 4.96. The summed E-state index contributed by atoms with van der Waals surface area (Å²) in [5, 5.41) is 4.27. The molecule has 0 radical (unpaired) electrons. The van der Waals surface area contributed by atoms with E-state index in [1.165, 1.54) is 23.5 Å². The minimum atomic E-state index is -0.457. The van der Waals surface area contributed by atoms with Crippen molar-refractivity contribution in [2.75, 3.05) is 49.1 Å². The topological polar surface area (TPSA) is 83.1 Å². The van der Waals surface area contributed by atoms with E-state index in [4.69, 9.17) is 9.57 Å². The number of ether oxygens (including phenoxy) is 1. The first-order valence-electron chi connectivity index (χ1n) is 13.8. The molecule has 4 aromatic rings. The zero-order valence-electron chi connectivity index (χ0n) is 24.5. The predicted molar refractivity (Wildman–Crippen MR) is 162 cm³/mol. The molecule has 10 heteroatoms. The predicted octanol–water partition coefficient (Wildman–Crippen LogP) is 5.77. The summed E-state index contributed by atoms with van der Waals surface area (Å²) in [6.45, 7) is 8.36. The maximum atomic E-state index is 15.1. The van der Waals surface area contributed by atoms with Crippen LogP contribution in [0.15, 0.2) is 73.1 Å². The second kappa shape index (κ2) is 12.4. The summed E-state index contributed by atoms with van der Waals surface area (Å²) < 4.78 is 20.5. The van der Waals surface area contributed by atoms with Gasteiger partial charge < -0.3 is 24.7 Å². The van der Waals surface area contributed by atoms with Gasteiger partial charge in [0.2, 0.25) is 5.95 Å². The largest absolute Gasteiger partial charge is 0.493 e. The zero-order chi connectivity index (χ0) is 29.8. The number of amides is 1. The summed E-state index contributed by atoms with van der Waals surface area (Å²) in [6.07, 6.45) is 2.83. The van der Waals surface area contributed by atoms with E-state index in [1.807, 2.05) is 38.1 Å². The molecule has 218 valence electrons. The van der Waals surface area contributed by atoms with Gasteiger partial charge in [0.05, 0.1) is 24.0 Å². The van der Waals surface area contributed by atoms with Crippen molar-refractivity contribution in [3.8, 4) is 11.5 Å². The third kappa shape index (κ3) is 6.13. The molecule has 0 saturated carbocycles. The lowest BCUT2D eigenvalue weighted by molar-refractivity contribution is 0.0875. The minimum Gasteiger partial charge on any atom is -0.493 e. The smallest absolute Gasteiger partial charge is 0.294 e. The number of piperazine rings is 1. The van der Waals surface area contributed by atoms with Crippen LogP contribution in [0, 0.1) is 19.7 Å². The number of para-hydroxylation sites is 3. The first-order valence-corrected chi connectivity index (χ1v) is 13.8. The van der Waals surface area contributed by atoms with Gasteiger partial charge >= 0.3 is 0 Å². The van der Waals surface area contributed by atoms with E-state index in [0.717, 1.165) is 30.8 Å². The number of halogens is 1. The summed E-state index contributed by atoms with van der Waals surface area (Å²) in [5.74, 6) is 0.323. The van der Waals surface area contributed by atoms with Crippen LogP contribution in [-0.2, 0) is 0 Å². The number of nitrogens with one attached hydrogen (secondary N) is 1. The van der Waals surface area contributed by atoms with E-state index in [-0.39, 0.29) is 17.3 Å². The molecule has 5 rings (SSSR count). The lowest BCUT2D eigenvalue weighted by Crippen LogP contribution is -2.50. The molecular formula is C32H35FN6O3. The van der Waals surface area contributed by atoms with Gasteiger partial charge in [0.1, 0.15) is 5.82 Å². The number of nitrogens with zero attached hydrogens (tertiary/aromatic N) is 5. The van der Waals surface area contributed by atoms with E-state index in [0.29, 0.717) is 34.6 Å². The van der Waals surface area contributed by atoms with Gasteiger partial charge in [0, 0.05) is 43.8 Å². The lowest BCUT2D eigenvalue weighted by atomic mass is 10.1. The Bertz CT molecular complexity index is 1540. The summed E-state index contributed by atoms with van der Waals surface area (Å²) in [7, 11) is 3.62. The van der Waals surface area contributed by atoms with Crippen molar-refractivity contribution in [3.63, 3.8) is 0 Å². The fourth-order valence-electron chi connectivity index (χ4n) is 4.96. The van der Waals surface area contributed by atoms with Gasteiger partial charge in [-0.25, -0.2) is 14.4 Å². The summed E-state index contributed by atoms with van der Waals surface area (Å²) in [5.41, 5.74) is 3.62. The van der Waals surface area contributed by atoms with E-state index in [9.17, 15) is 4.79 Å². The molecule has 2 heterocycles. The standard InChI is InChI=1S/C32H35FN6O3/c1-21-9-8-10-22(2)30(21)39(42-29-12-7-6-11-28(29)41-5)31(40)24-18-34-32(35-19-24)36-25-13-14-27(26(33)17-25)38-16-15-37(4)23(3)20-38/h6-14,17-19,23H,15-16,20H2,1-5H3,(H,34,35,36). The third-order valence-corrected chi connectivity index (χ3v) is 7.49. The normalized spacial score (nSPS) is 15.3. The minimum absolute atomic E-state index is 0.212. The number of carbonyl (C=O) groups excluding carboxylic acids is 1. The molecule has 1 amide bonds. The van der Waals surface area contributed by atoms with Crippen LogP contribution in [0.1, 0.15) is 28.4 Å². The van der Waals surface area contributed by atoms with Crippen LogP contribution in [0.2, 0.25) is 0 Å². The monoisotopic (exact) mass is 570 g/mol. The van der Waals surface area contributed by atoms with Crippen LogP contribution >= 0.6 is 0 Å². The zero-order valence-corrected chi connectivity index (χ0v) is 24.5. The van der Waals surface area contributed by atoms with Crippen LogP contribution in [0.3, 0.4) is 0 Å². The van der Waals surface area contributed by atoms with Crippen LogP contribution in [-0.4, -0.2) is 60.6 Å². The van der Waals surface area contributed by atoms with Gasteiger partial charge in [-0.05, 0) is 69.3 Å². The highest BCUT2D eigenvalue weighted by Gasteiger charge is 2.26. The number of hydrogen-bond acceptors (Lipinski definition) is 8. The maximum absolute atomic E-state index is 15.1. The number of anilines is 4. The number of likely N-dealkylation sites (N-methyl/N-ethyl adjacent to an activating group) is 1. The van der Waals surface area contributed by atoms with Crippen molar-refractivity contribution < 1.29 is 18.8 Å².